The number of nitrogens with one attached hydrogen (secondary N) is 1. The van der Waals surface area contributed by atoms with E-state index in [1.54, 1.807) is 22.9 Å². The minimum absolute atomic E-state index is 0.130. The van der Waals surface area contributed by atoms with Crippen molar-refractivity contribution < 1.29 is 9.32 Å². The lowest BCUT2D eigenvalue weighted by atomic mass is 10.1. The molecular weight excluding hydrogens is 388 g/mol. The molecule has 2 aromatic heterocycles. The first kappa shape index (κ1) is 19.0. The van der Waals surface area contributed by atoms with Crippen molar-refractivity contribution in [2.45, 2.75) is 20.4 Å². The van der Waals surface area contributed by atoms with E-state index in [2.05, 4.69) is 15.5 Å². The first-order valence-corrected chi connectivity index (χ1v) is 9.50. The average molecular weight is 407 g/mol. The second-order valence-corrected chi connectivity index (χ2v) is 7.19. The average Bonchev–Trinajstić information content (AvgIpc) is 3.35. The van der Waals surface area contributed by atoms with E-state index >= 15 is 0 Å². The van der Waals surface area contributed by atoms with Gasteiger partial charge in [-0.2, -0.15) is 4.98 Å². The molecule has 146 valence electrons. The molecule has 0 saturated heterocycles. The normalized spacial score (nSPS) is 10.9. The van der Waals surface area contributed by atoms with Crippen LogP contribution in [-0.2, 0) is 11.3 Å². The number of rotatable bonds is 5. The highest BCUT2D eigenvalue weighted by Crippen LogP contribution is 2.25. The molecule has 7 heteroatoms. The quantitative estimate of drug-likeness (QED) is 0.499. The third-order valence-corrected chi connectivity index (χ3v) is 4.99. The Balaban J connectivity index is 1.53. The van der Waals surface area contributed by atoms with E-state index in [4.69, 9.17) is 16.1 Å². The van der Waals surface area contributed by atoms with E-state index in [0.717, 1.165) is 22.4 Å². The van der Waals surface area contributed by atoms with Crippen LogP contribution in [0.2, 0.25) is 5.02 Å². The summed E-state index contributed by atoms with van der Waals surface area (Å²) in [5, 5.41) is 7.60. The summed E-state index contributed by atoms with van der Waals surface area (Å²) in [6, 6.07) is 16.7. The highest BCUT2D eigenvalue weighted by atomic mass is 35.5. The van der Waals surface area contributed by atoms with Crippen LogP contribution in [0.1, 0.15) is 11.1 Å². The molecule has 1 N–H and O–H groups in total. The Hall–Kier alpha value is -3.38. The summed E-state index contributed by atoms with van der Waals surface area (Å²) in [5.41, 5.74) is 4.42. The molecule has 0 unspecified atom stereocenters. The van der Waals surface area contributed by atoms with Crippen molar-refractivity contribution in [2.24, 2.45) is 0 Å². The van der Waals surface area contributed by atoms with Crippen LogP contribution in [0.15, 0.2) is 65.3 Å². The largest absolute Gasteiger partial charge is 0.334 e. The highest BCUT2D eigenvalue weighted by molar-refractivity contribution is 6.30. The number of anilines is 1. The number of hydrogen-bond acceptors (Lipinski definition) is 4. The fourth-order valence-electron chi connectivity index (χ4n) is 3.05. The maximum absolute atomic E-state index is 12.6. The van der Waals surface area contributed by atoms with Crippen molar-refractivity contribution in [2.75, 3.05) is 5.32 Å². The van der Waals surface area contributed by atoms with E-state index in [9.17, 15) is 4.79 Å². The molecule has 0 radical (unpaired) electrons. The lowest BCUT2D eigenvalue weighted by Crippen LogP contribution is -2.19. The van der Waals surface area contributed by atoms with Gasteiger partial charge in [0.1, 0.15) is 12.2 Å². The van der Waals surface area contributed by atoms with E-state index in [-0.39, 0.29) is 12.5 Å². The summed E-state index contributed by atoms with van der Waals surface area (Å²) in [6.45, 7) is 4.13. The summed E-state index contributed by atoms with van der Waals surface area (Å²) in [6.07, 6.45) is 1.81. The lowest BCUT2D eigenvalue weighted by Gasteiger charge is -2.11. The van der Waals surface area contributed by atoms with Crippen LogP contribution < -0.4 is 5.32 Å². The van der Waals surface area contributed by atoms with Crippen molar-refractivity contribution in [1.82, 2.24) is 14.7 Å². The van der Waals surface area contributed by atoms with Gasteiger partial charge in [0.2, 0.25) is 11.7 Å². The fraction of sp³-hybridized carbons (Fsp3) is 0.136. The van der Waals surface area contributed by atoms with Gasteiger partial charge in [-0.25, -0.2) is 0 Å². The van der Waals surface area contributed by atoms with Gasteiger partial charge in [-0.15, -0.1) is 0 Å². The maximum Gasteiger partial charge on any atom is 0.274 e. The molecule has 0 fully saturated rings. The predicted molar refractivity (Wildman–Crippen MR) is 113 cm³/mol. The van der Waals surface area contributed by atoms with Crippen LogP contribution in [0.5, 0.6) is 0 Å². The van der Waals surface area contributed by atoms with Crippen molar-refractivity contribution in [3.8, 4) is 23.0 Å². The SMILES string of the molecule is Cc1cccc(NC(=O)Cn2cccc2-c2nc(-c3cccc(Cl)c3)no2)c1C. The minimum atomic E-state index is -0.134. The van der Waals surface area contributed by atoms with Gasteiger partial charge in [0, 0.05) is 22.5 Å². The fourth-order valence-corrected chi connectivity index (χ4v) is 3.24. The zero-order valence-electron chi connectivity index (χ0n) is 16.0. The van der Waals surface area contributed by atoms with Gasteiger partial charge in [0.25, 0.3) is 5.89 Å². The highest BCUT2D eigenvalue weighted by Gasteiger charge is 2.16. The Morgan fingerprint density at radius 1 is 1.14 bits per heavy atom. The first-order chi connectivity index (χ1) is 14.0. The van der Waals surface area contributed by atoms with Crippen LogP contribution >= 0.6 is 11.6 Å². The molecule has 2 heterocycles. The molecule has 6 nitrogen and oxygen atoms in total. The van der Waals surface area contributed by atoms with Crippen LogP contribution in [0.25, 0.3) is 23.0 Å². The monoisotopic (exact) mass is 406 g/mol. The molecule has 0 spiro atoms. The Morgan fingerprint density at radius 2 is 1.97 bits per heavy atom. The maximum atomic E-state index is 12.6. The summed E-state index contributed by atoms with van der Waals surface area (Å²) < 4.78 is 7.20. The molecule has 0 aliphatic heterocycles. The van der Waals surface area contributed by atoms with Crippen LogP contribution in [0, 0.1) is 13.8 Å². The number of amides is 1. The van der Waals surface area contributed by atoms with Gasteiger partial charge < -0.3 is 14.4 Å². The first-order valence-electron chi connectivity index (χ1n) is 9.12. The van der Waals surface area contributed by atoms with Gasteiger partial charge in [0.05, 0.1) is 0 Å². The van der Waals surface area contributed by atoms with E-state index in [1.165, 1.54) is 0 Å². The van der Waals surface area contributed by atoms with E-state index in [0.29, 0.717) is 22.4 Å². The van der Waals surface area contributed by atoms with Crippen molar-refractivity contribution in [1.29, 1.82) is 0 Å². The summed E-state index contributed by atoms with van der Waals surface area (Å²) >= 11 is 6.04. The third-order valence-electron chi connectivity index (χ3n) is 4.75. The number of hydrogen-bond donors (Lipinski definition) is 1. The van der Waals surface area contributed by atoms with E-state index in [1.807, 2.05) is 56.3 Å². The molecule has 0 bridgehead atoms. The number of carbonyl (C=O) groups excluding carboxylic acids is 1. The molecule has 2 aromatic carbocycles. The Kier molecular flexibility index (Phi) is 5.18. The third kappa shape index (κ3) is 4.07. The molecule has 4 rings (SSSR count). The summed E-state index contributed by atoms with van der Waals surface area (Å²) in [4.78, 5) is 17.0. The number of benzene rings is 2. The van der Waals surface area contributed by atoms with Crippen molar-refractivity contribution >= 4 is 23.2 Å². The minimum Gasteiger partial charge on any atom is -0.334 e. The van der Waals surface area contributed by atoms with Crippen molar-refractivity contribution in [3.63, 3.8) is 0 Å². The van der Waals surface area contributed by atoms with Gasteiger partial charge in [-0.3, -0.25) is 4.79 Å². The Bertz CT molecular complexity index is 1180. The van der Waals surface area contributed by atoms with Crippen LogP contribution in [-0.4, -0.2) is 20.6 Å². The molecule has 0 aliphatic rings. The molecular formula is C22H19ClN4O2. The smallest absolute Gasteiger partial charge is 0.274 e. The van der Waals surface area contributed by atoms with Gasteiger partial charge in [0.15, 0.2) is 0 Å². The second kappa shape index (κ2) is 7.93. The van der Waals surface area contributed by atoms with Crippen molar-refractivity contribution in [3.05, 3.63) is 76.9 Å². The van der Waals surface area contributed by atoms with Crippen LogP contribution in [0.3, 0.4) is 0 Å². The second-order valence-electron chi connectivity index (χ2n) is 6.75. The number of carbonyl (C=O) groups is 1. The lowest BCUT2D eigenvalue weighted by molar-refractivity contribution is -0.116. The zero-order valence-corrected chi connectivity index (χ0v) is 16.8. The van der Waals surface area contributed by atoms with Gasteiger partial charge in [-0.1, -0.05) is 41.0 Å². The number of aromatic nitrogens is 3. The standard InChI is InChI=1S/C22H19ClN4O2/c1-14-6-3-9-18(15(14)2)24-20(28)13-27-11-5-10-19(27)22-25-21(26-29-22)16-7-4-8-17(23)12-16/h3-12H,13H2,1-2H3,(H,24,28). The molecule has 0 saturated carbocycles. The summed E-state index contributed by atoms with van der Waals surface area (Å²) in [7, 11) is 0. The Morgan fingerprint density at radius 3 is 2.79 bits per heavy atom. The van der Waals surface area contributed by atoms with Gasteiger partial charge in [-0.05, 0) is 55.3 Å². The molecule has 0 atom stereocenters. The molecule has 1 amide bonds. The number of halogens is 1. The topological polar surface area (TPSA) is 73.0 Å². The number of aryl methyl sites for hydroxylation is 1. The zero-order chi connectivity index (χ0) is 20.4. The van der Waals surface area contributed by atoms with Gasteiger partial charge >= 0.3 is 0 Å². The van der Waals surface area contributed by atoms with Crippen LogP contribution in [0.4, 0.5) is 5.69 Å². The molecule has 0 aliphatic carbocycles. The molecule has 4 aromatic rings. The van der Waals surface area contributed by atoms with E-state index < -0.39 is 0 Å². The number of nitrogens with zero attached hydrogens (tertiary/aromatic N) is 3. The predicted octanol–water partition coefficient (Wildman–Crippen LogP) is 5.11. The Labute approximate surface area is 173 Å². The molecule has 29 heavy (non-hydrogen) atoms. The summed E-state index contributed by atoms with van der Waals surface area (Å²) in [5.74, 6) is 0.644.